The molecule has 0 radical (unpaired) electrons. The Kier molecular flexibility index (Phi) is 6.36. The molecule has 7 heteroatoms. The predicted molar refractivity (Wildman–Crippen MR) is 109 cm³/mol. The summed E-state index contributed by atoms with van der Waals surface area (Å²) in [6.45, 7) is 1.89. The van der Waals surface area contributed by atoms with Crippen molar-refractivity contribution < 1.29 is 23.8 Å². The smallest absolute Gasteiger partial charge is 0.323 e. The van der Waals surface area contributed by atoms with Crippen molar-refractivity contribution in [3.8, 4) is 5.75 Å². The fraction of sp³-hybridized carbons (Fsp3) is 0.364. The second kappa shape index (κ2) is 8.94. The van der Waals surface area contributed by atoms with Crippen LogP contribution in [0.2, 0.25) is 0 Å². The minimum Gasteiger partial charge on any atom is -0.495 e. The van der Waals surface area contributed by atoms with Gasteiger partial charge in [-0.1, -0.05) is 12.1 Å². The lowest BCUT2D eigenvalue weighted by Gasteiger charge is -2.26. The number of carboxylic acid groups (broad SMARTS) is 1. The highest BCUT2D eigenvalue weighted by Gasteiger charge is 2.27. The molecule has 2 aromatic carbocycles. The van der Waals surface area contributed by atoms with Gasteiger partial charge in [0, 0.05) is 0 Å². The highest BCUT2D eigenvalue weighted by atomic mass is 19.1. The van der Waals surface area contributed by atoms with E-state index in [1.807, 2.05) is 13.0 Å². The average Bonchev–Trinajstić information content (AvgIpc) is 2.70. The lowest BCUT2D eigenvalue weighted by molar-refractivity contribution is -0.142. The van der Waals surface area contributed by atoms with Gasteiger partial charge in [-0.15, -0.1) is 0 Å². The number of aliphatic carboxylic acids is 1. The largest absolute Gasteiger partial charge is 0.495 e. The van der Waals surface area contributed by atoms with Crippen molar-refractivity contribution in [2.75, 3.05) is 17.7 Å². The van der Waals surface area contributed by atoms with Crippen molar-refractivity contribution >= 4 is 23.4 Å². The van der Waals surface area contributed by atoms with Crippen molar-refractivity contribution in [1.82, 2.24) is 0 Å². The number of urea groups is 1. The van der Waals surface area contributed by atoms with Crippen molar-refractivity contribution in [3.05, 3.63) is 53.3 Å². The quantitative estimate of drug-likeness (QED) is 0.648. The molecular formula is C22H25FN2O4. The van der Waals surface area contributed by atoms with Crippen LogP contribution in [0.4, 0.5) is 20.6 Å². The monoisotopic (exact) mass is 400 g/mol. The number of ether oxygens (including phenoxy) is 1. The third kappa shape index (κ3) is 5.04. The van der Waals surface area contributed by atoms with E-state index in [0.29, 0.717) is 24.3 Å². The van der Waals surface area contributed by atoms with Crippen LogP contribution in [0.3, 0.4) is 0 Å². The normalized spacial score (nSPS) is 18.7. The molecular weight excluding hydrogens is 375 g/mol. The van der Waals surface area contributed by atoms with Gasteiger partial charge in [0.15, 0.2) is 0 Å². The van der Waals surface area contributed by atoms with Crippen LogP contribution in [-0.4, -0.2) is 24.2 Å². The summed E-state index contributed by atoms with van der Waals surface area (Å²) in [6, 6.07) is 9.57. The van der Waals surface area contributed by atoms with E-state index in [4.69, 9.17) is 9.84 Å². The molecule has 0 atom stereocenters. The Morgan fingerprint density at radius 1 is 1.03 bits per heavy atom. The standard InChI is InChI=1S/C22H25FN2O4/c1-13-3-10-20(29-2)19(11-13)25-22(28)24-18-9-8-16(12-17(18)23)14-4-6-15(7-5-14)21(26)27/h3,8-12,14-15H,4-7H2,1-2H3,(H,26,27)(H2,24,25,28). The van der Waals surface area contributed by atoms with Gasteiger partial charge in [0.1, 0.15) is 11.6 Å². The van der Waals surface area contributed by atoms with E-state index in [0.717, 1.165) is 24.0 Å². The minimum atomic E-state index is -0.759. The molecule has 3 rings (SSSR count). The van der Waals surface area contributed by atoms with Gasteiger partial charge in [-0.3, -0.25) is 4.79 Å². The van der Waals surface area contributed by atoms with Crippen LogP contribution in [0.15, 0.2) is 36.4 Å². The number of methoxy groups -OCH3 is 1. The number of amides is 2. The number of carbonyl (C=O) groups excluding carboxylic acids is 1. The number of rotatable bonds is 5. The number of anilines is 2. The molecule has 1 aliphatic rings. The summed E-state index contributed by atoms with van der Waals surface area (Å²) in [5, 5.41) is 14.3. The summed E-state index contributed by atoms with van der Waals surface area (Å²) in [7, 11) is 1.51. The van der Waals surface area contributed by atoms with Crippen molar-refractivity contribution in [1.29, 1.82) is 0 Å². The molecule has 0 unspecified atom stereocenters. The number of carbonyl (C=O) groups is 2. The number of benzene rings is 2. The van der Waals surface area contributed by atoms with E-state index in [9.17, 15) is 14.0 Å². The van der Waals surface area contributed by atoms with E-state index in [-0.39, 0.29) is 17.5 Å². The first-order valence-corrected chi connectivity index (χ1v) is 9.62. The Bertz CT molecular complexity index is 908. The molecule has 6 nitrogen and oxygen atoms in total. The van der Waals surface area contributed by atoms with E-state index in [1.165, 1.54) is 13.2 Å². The Morgan fingerprint density at radius 2 is 1.72 bits per heavy atom. The van der Waals surface area contributed by atoms with Gasteiger partial charge in [0.2, 0.25) is 0 Å². The number of halogens is 1. The third-order valence-electron chi connectivity index (χ3n) is 5.39. The fourth-order valence-corrected chi connectivity index (χ4v) is 3.76. The van der Waals surface area contributed by atoms with Gasteiger partial charge >= 0.3 is 12.0 Å². The van der Waals surface area contributed by atoms with Crippen molar-refractivity contribution in [2.24, 2.45) is 5.92 Å². The Hall–Kier alpha value is -3.09. The molecule has 0 heterocycles. The Morgan fingerprint density at radius 3 is 2.34 bits per heavy atom. The molecule has 29 heavy (non-hydrogen) atoms. The molecule has 1 fully saturated rings. The second-order valence-corrected chi connectivity index (χ2v) is 7.41. The first-order valence-electron chi connectivity index (χ1n) is 9.62. The lowest BCUT2D eigenvalue weighted by atomic mass is 9.79. The first kappa shape index (κ1) is 20.6. The van der Waals surface area contributed by atoms with Crippen LogP contribution in [0.1, 0.15) is 42.7 Å². The number of nitrogens with one attached hydrogen (secondary N) is 2. The average molecular weight is 400 g/mol. The zero-order valence-corrected chi connectivity index (χ0v) is 16.5. The summed E-state index contributed by atoms with van der Waals surface area (Å²) in [4.78, 5) is 23.4. The summed E-state index contributed by atoms with van der Waals surface area (Å²) >= 11 is 0. The fourth-order valence-electron chi connectivity index (χ4n) is 3.76. The number of carboxylic acids is 1. The van der Waals surface area contributed by atoms with Crippen LogP contribution in [0.5, 0.6) is 5.75 Å². The molecule has 2 amide bonds. The number of hydrogen-bond donors (Lipinski definition) is 3. The molecule has 0 spiro atoms. The highest BCUT2D eigenvalue weighted by Crippen LogP contribution is 2.36. The van der Waals surface area contributed by atoms with Gasteiger partial charge in [-0.05, 0) is 73.9 Å². The molecule has 1 aliphatic carbocycles. The zero-order chi connectivity index (χ0) is 21.0. The van der Waals surface area contributed by atoms with Crippen LogP contribution in [-0.2, 0) is 4.79 Å². The molecule has 2 aromatic rings. The maximum atomic E-state index is 14.6. The van der Waals surface area contributed by atoms with Crippen LogP contribution in [0.25, 0.3) is 0 Å². The molecule has 3 N–H and O–H groups in total. The van der Waals surface area contributed by atoms with Crippen LogP contribution in [0, 0.1) is 18.7 Å². The summed E-state index contributed by atoms with van der Waals surface area (Å²) in [5.74, 6) is -0.933. The number of hydrogen-bond acceptors (Lipinski definition) is 3. The molecule has 154 valence electrons. The maximum Gasteiger partial charge on any atom is 0.323 e. The summed E-state index contributed by atoms with van der Waals surface area (Å²) in [6.07, 6.45) is 2.64. The molecule has 1 saturated carbocycles. The maximum absolute atomic E-state index is 14.6. The highest BCUT2D eigenvalue weighted by molar-refractivity contribution is 6.00. The first-order chi connectivity index (χ1) is 13.9. The third-order valence-corrected chi connectivity index (χ3v) is 5.39. The summed E-state index contributed by atoms with van der Waals surface area (Å²) in [5.41, 5.74) is 2.36. The molecule has 0 bridgehead atoms. The van der Waals surface area contributed by atoms with E-state index >= 15 is 0 Å². The van der Waals surface area contributed by atoms with Gasteiger partial charge in [-0.2, -0.15) is 0 Å². The van der Waals surface area contributed by atoms with E-state index in [2.05, 4.69) is 10.6 Å². The lowest BCUT2D eigenvalue weighted by Crippen LogP contribution is -2.21. The Balaban J connectivity index is 1.64. The predicted octanol–water partition coefficient (Wildman–Crippen LogP) is 5.15. The zero-order valence-electron chi connectivity index (χ0n) is 16.5. The van der Waals surface area contributed by atoms with Crippen molar-refractivity contribution in [3.63, 3.8) is 0 Å². The van der Waals surface area contributed by atoms with Gasteiger partial charge in [-0.25, -0.2) is 9.18 Å². The van der Waals surface area contributed by atoms with E-state index < -0.39 is 17.8 Å². The van der Waals surface area contributed by atoms with Crippen LogP contribution >= 0.6 is 0 Å². The second-order valence-electron chi connectivity index (χ2n) is 7.41. The van der Waals surface area contributed by atoms with Crippen LogP contribution < -0.4 is 15.4 Å². The Labute approximate surface area is 169 Å². The van der Waals surface area contributed by atoms with Gasteiger partial charge in [0.25, 0.3) is 0 Å². The minimum absolute atomic E-state index is 0.0806. The van der Waals surface area contributed by atoms with Gasteiger partial charge in [0.05, 0.1) is 24.4 Å². The van der Waals surface area contributed by atoms with E-state index in [1.54, 1.807) is 24.3 Å². The molecule has 0 aromatic heterocycles. The summed E-state index contributed by atoms with van der Waals surface area (Å²) < 4.78 is 19.8. The number of aryl methyl sites for hydroxylation is 1. The van der Waals surface area contributed by atoms with Gasteiger partial charge < -0.3 is 20.5 Å². The topological polar surface area (TPSA) is 87.7 Å². The van der Waals surface area contributed by atoms with Crippen molar-refractivity contribution in [2.45, 2.75) is 38.5 Å². The molecule has 0 aliphatic heterocycles. The molecule has 0 saturated heterocycles. The SMILES string of the molecule is COc1ccc(C)cc1NC(=O)Nc1ccc(C2CCC(C(=O)O)CC2)cc1F.